The van der Waals surface area contributed by atoms with Gasteiger partial charge >= 0.3 is 0 Å². The van der Waals surface area contributed by atoms with Crippen LogP contribution >= 0.6 is 0 Å². The normalized spacial score (nSPS) is 15.3. The first-order chi connectivity index (χ1) is 8.41. The van der Waals surface area contributed by atoms with Crippen molar-refractivity contribution in [1.82, 2.24) is 19.8 Å². The van der Waals surface area contributed by atoms with Gasteiger partial charge in [0, 0.05) is 32.0 Å². The first-order valence-electron chi connectivity index (χ1n) is 6.78. The fourth-order valence-electron chi connectivity index (χ4n) is 2.22. The molecule has 18 heavy (non-hydrogen) atoms. The molecule has 104 valence electrons. The largest absolute Gasteiger partial charge is 0.337 e. The highest BCUT2D eigenvalue weighted by atomic mass is 15.1. The first-order valence-corrected chi connectivity index (χ1v) is 6.78. The number of aromatic nitrogens is 2. The Morgan fingerprint density at radius 3 is 2.44 bits per heavy atom. The molecule has 0 aliphatic carbocycles. The predicted octanol–water partition coefficient (Wildman–Crippen LogP) is 2.05. The maximum Gasteiger partial charge on any atom is 0.125 e. The molecule has 0 aliphatic rings. The van der Waals surface area contributed by atoms with Crippen LogP contribution in [0.4, 0.5) is 0 Å². The van der Waals surface area contributed by atoms with Crippen molar-refractivity contribution in [1.29, 1.82) is 0 Å². The second-order valence-corrected chi connectivity index (χ2v) is 5.77. The van der Waals surface area contributed by atoms with Crippen molar-refractivity contribution in [2.24, 2.45) is 13.0 Å². The van der Waals surface area contributed by atoms with E-state index in [1.54, 1.807) is 0 Å². The second-order valence-electron chi connectivity index (χ2n) is 5.77. The van der Waals surface area contributed by atoms with Crippen LogP contribution in [0.1, 0.15) is 39.1 Å². The van der Waals surface area contributed by atoms with Gasteiger partial charge in [-0.25, -0.2) is 4.98 Å². The highest BCUT2D eigenvalue weighted by molar-refractivity contribution is 4.97. The van der Waals surface area contributed by atoms with Crippen molar-refractivity contribution in [3.8, 4) is 0 Å². The number of hydrogen-bond acceptors (Lipinski definition) is 3. The van der Waals surface area contributed by atoms with Gasteiger partial charge in [-0.15, -0.1) is 0 Å². The molecule has 0 aromatic carbocycles. The van der Waals surface area contributed by atoms with E-state index in [4.69, 9.17) is 0 Å². The number of imidazole rings is 1. The smallest absolute Gasteiger partial charge is 0.125 e. The second kappa shape index (κ2) is 6.90. The fraction of sp³-hybridized carbons (Fsp3) is 0.786. The zero-order valence-electron chi connectivity index (χ0n) is 12.6. The number of aryl methyl sites for hydroxylation is 1. The van der Waals surface area contributed by atoms with E-state index in [-0.39, 0.29) is 0 Å². The lowest BCUT2D eigenvalue weighted by Crippen LogP contribution is -2.40. The van der Waals surface area contributed by atoms with Gasteiger partial charge in [0.25, 0.3) is 0 Å². The van der Waals surface area contributed by atoms with Crippen molar-refractivity contribution >= 4 is 0 Å². The van der Waals surface area contributed by atoms with Crippen molar-refractivity contribution in [2.75, 3.05) is 20.6 Å². The first kappa shape index (κ1) is 15.2. The minimum absolute atomic E-state index is 0.291. The van der Waals surface area contributed by atoms with E-state index in [0.717, 1.165) is 18.3 Å². The molecule has 2 unspecified atom stereocenters. The summed E-state index contributed by atoms with van der Waals surface area (Å²) in [6, 6.07) is 0.868. The van der Waals surface area contributed by atoms with Crippen LogP contribution in [0.3, 0.4) is 0 Å². The number of hydrogen-bond donors (Lipinski definition) is 1. The average molecular weight is 252 g/mol. The third-order valence-corrected chi connectivity index (χ3v) is 3.38. The molecule has 1 N–H and O–H groups in total. The van der Waals surface area contributed by atoms with Gasteiger partial charge in [-0.05, 0) is 33.4 Å². The summed E-state index contributed by atoms with van der Waals surface area (Å²) < 4.78 is 2.07. The van der Waals surface area contributed by atoms with Gasteiger partial charge in [0.2, 0.25) is 0 Å². The van der Waals surface area contributed by atoms with E-state index >= 15 is 0 Å². The van der Waals surface area contributed by atoms with Gasteiger partial charge in [-0.2, -0.15) is 0 Å². The Bertz CT molecular complexity index is 343. The Kier molecular flexibility index (Phi) is 5.82. The summed E-state index contributed by atoms with van der Waals surface area (Å²) in [5.74, 6) is 1.82. The minimum atomic E-state index is 0.291. The monoisotopic (exact) mass is 252 g/mol. The summed E-state index contributed by atoms with van der Waals surface area (Å²) in [4.78, 5) is 6.69. The topological polar surface area (TPSA) is 33.1 Å². The summed E-state index contributed by atoms with van der Waals surface area (Å²) in [6.07, 6.45) is 5.06. The Morgan fingerprint density at radius 2 is 2.00 bits per heavy atom. The molecule has 0 amide bonds. The third kappa shape index (κ3) is 4.42. The van der Waals surface area contributed by atoms with Gasteiger partial charge in [0.15, 0.2) is 0 Å². The number of rotatable bonds is 7. The molecule has 0 fully saturated rings. The molecule has 2 atom stereocenters. The summed E-state index contributed by atoms with van der Waals surface area (Å²) in [5, 5.41) is 3.59. The predicted molar refractivity (Wildman–Crippen MR) is 76.6 cm³/mol. The van der Waals surface area contributed by atoms with Crippen LogP contribution in [0.25, 0.3) is 0 Å². The summed E-state index contributed by atoms with van der Waals surface area (Å²) in [6.45, 7) is 7.72. The average Bonchev–Trinajstić information content (AvgIpc) is 2.69. The van der Waals surface area contributed by atoms with Gasteiger partial charge in [0.05, 0.1) is 6.04 Å². The van der Waals surface area contributed by atoms with Crippen LogP contribution in [0.2, 0.25) is 0 Å². The Morgan fingerprint density at radius 1 is 1.33 bits per heavy atom. The van der Waals surface area contributed by atoms with E-state index in [2.05, 4.69) is 54.6 Å². The van der Waals surface area contributed by atoms with Crippen LogP contribution in [0, 0.1) is 5.92 Å². The van der Waals surface area contributed by atoms with E-state index < -0.39 is 0 Å². The Labute approximate surface area is 111 Å². The van der Waals surface area contributed by atoms with Gasteiger partial charge in [-0.3, -0.25) is 0 Å². The fourth-order valence-corrected chi connectivity index (χ4v) is 2.22. The van der Waals surface area contributed by atoms with Crippen LogP contribution < -0.4 is 5.32 Å². The summed E-state index contributed by atoms with van der Waals surface area (Å²) in [5.41, 5.74) is 0. The lowest BCUT2D eigenvalue weighted by molar-refractivity contribution is 0.240. The zero-order chi connectivity index (χ0) is 13.7. The highest BCUT2D eigenvalue weighted by Crippen LogP contribution is 2.12. The van der Waals surface area contributed by atoms with Crippen molar-refractivity contribution in [2.45, 2.75) is 39.3 Å². The van der Waals surface area contributed by atoms with Crippen LogP contribution in [-0.4, -0.2) is 41.1 Å². The maximum absolute atomic E-state index is 4.39. The number of nitrogens with zero attached hydrogens (tertiary/aromatic N) is 3. The summed E-state index contributed by atoms with van der Waals surface area (Å²) in [7, 11) is 6.35. The Balaban J connectivity index is 2.49. The lowest BCUT2D eigenvalue weighted by atomic mass is 10.0. The molecule has 1 rings (SSSR count). The van der Waals surface area contributed by atoms with Crippen LogP contribution in [0.5, 0.6) is 0 Å². The molecule has 0 bridgehead atoms. The van der Waals surface area contributed by atoms with Crippen molar-refractivity contribution < 1.29 is 0 Å². The highest BCUT2D eigenvalue weighted by Gasteiger charge is 2.16. The van der Waals surface area contributed by atoms with E-state index in [0.29, 0.717) is 12.1 Å². The quantitative estimate of drug-likeness (QED) is 0.806. The van der Waals surface area contributed by atoms with E-state index in [1.165, 1.54) is 6.42 Å². The number of likely N-dealkylation sites (N-methyl/N-ethyl adjacent to an activating group) is 1. The Hall–Kier alpha value is -0.870. The van der Waals surface area contributed by atoms with Gasteiger partial charge in [-0.1, -0.05) is 13.8 Å². The third-order valence-electron chi connectivity index (χ3n) is 3.38. The van der Waals surface area contributed by atoms with Crippen molar-refractivity contribution in [3.05, 3.63) is 18.2 Å². The van der Waals surface area contributed by atoms with Gasteiger partial charge in [0.1, 0.15) is 5.82 Å². The molecule has 1 aromatic rings. The van der Waals surface area contributed by atoms with E-state index in [1.807, 2.05) is 19.4 Å². The maximum atomic E-state index is 4.39. The molecule has 0 saturated heterocycles. The zero-order valence-corrected chi connectivity index (χ0v) is 12.6. The van der Waals surface area contributed by atoms with Gasteiger partial charge < -0.3 is 14.8 Å². The SMILES string of the molecule is CC(C)CC(CNC(C)c1nccn1C)N(C)C. The standard InChI is InChI=1S/C14H28N4/c1-11(2)9-13(17(4)5)10-16-12(3)14-15-7-8-18(14)6/h7-8,11-13,16H,9-10H2,1-6H3. The molecule has 1 heterocycles. The molecule has 0 saturated carbocycles. The molecule has 0 aliphatic heterocycles. The molecule has 1 aromatic heterocycles. The molecular weight excluding hydrogens is 224 g/mol. The molecule has 4 heteroatoms. The lowest BCUT2D eigenvalue weighted by Gasteiger charge is -2.27. The number of nitrogens with one attached hydrogen (secondary N) is 1. The van der Waals surface area contributed by atoms with Crippen LogP contribution in [0.15, 0.2) is 12.4 Å². The minimum Gasteiger partial charge on any atom is -0.337 e. The molecular formula is C14H28N4. The molecule has 0 radical (unpaired) electrons. The van der Waals surface area contributed by atoms with Crippen molar-refractivity contribution in [3.63, 3.8) is 0 Å². The van der Waals surface area contributed by atoms with Crippen LogP contribution in [-0.2, 0) is 7.05 Å². The summed E-state index contributed by atoms with van der Waals surface area (Å²) >= 11 is 0. The molecule has 0 spiro atoms. The van der Waals surface area contributed by atoms with E-state index in [9.17, 15) is 0 Å². The molecule has 4 nitrogen and oxygen atoms in total.